The molecular weight excluding hydrogens is 362 g/mol. The smallest absolute Gasteiger partial charge is 0.231 e. The molecule has 5 heteroatoms. The number of phenols is 1. The van der Waals surface area contributed by atoms with Gasteiger partial charge in [-0.05, 0) is 56.1 Å². The van der Waals surface area contributed by atoms with Crippen LogP contribution in [0.5, 0.6) is 11.5 Å². The molecule has 0 radical (unpaired) electrons. The third-order valence-electron chi connectivity index (χ3n) is 5.41. The van der Waals surface area contributed by atoms with Crippen molar-refractivity contribution in [2.45, 2.75) is 38.8 Å². The molecule has 4 nitrogen and oxygen atoms in total. The Morgan fingerprint density at radius 2 is 2.07 bits per heavy atom. The van der Waals surface area contributed by atoms with Crippen LogP contribution in [0.4, 0.5) is 0 Å². The van der Waals surface area contributed by atoms with Crippen molar-refractivity contribution in [3.05, 3.63) is 63.9 Å². The number of hydrogen-bond donors (Lipinski definition) is 1. The molecule has 0 amide bonds. The number of fused-ring (bicyclic) bond motifs is 1. The van der Waals surface area contributed by atoms with E-state index in [-0.39, 0.29) is 17.3 Å². The highest BCUT2D eigenvalue weighted by molar-refractivity contribution is 6.32. The first-order valence-electron chi connectivity index (χ1n) is 9.32. The van der Waals surface area contributed by atoms with E-state index in [9.17, 15) is 9.90 Å². The third kappa shape index (κ3) is 3.47. The van der Waals surface area contributed by atoms with Gasteiger partial charge in [-0.15, -0.1) is 0 Å². The van der Waals surface area contributed by atoms with E-state index in [4.69, 9.17) is 16.3 Å². The SMILES string of the molecule is CC1CCCCN1Cc1c(O)ccc2c1O/C(=C\c1ccccc1Cl)C2=O. The van der Waals surface area contributed by atoms with Crippen LogP contribution in [0.2, 0.25) is 5.02 Å². The van der Waals surface area contributed by atoms with Crippen LogP contribution in [-0.4, -0.2) is 28.4 Å². The summed E-state index contributed by atoms with van der Waals surface area (Å²) in [6.07, 6.45) is 5.19. The Hall–Kier alpha value is -2.30. The number of ether oxygens (including phenoxy) is 1. The van der Waals surface area contributed by atoms with Gasteiger partial charge in [0.2, 0.25) is 5.78 Å². The highest BCUT2D eigenvalue weighted by Crippen LogP contribution is 2.41. The summed E-state index contributed by atoms with van der Waals surface area (Å²) in [6, 6.07) is 11.0. The lowest BCUT2D eigenvalue weighted by Gasteiger charge is -2.33. The van der Waals surface area contributed by atoms with Crippen molar-refractivity contribution in [1.29, 1.82) is 0 Å². The molecule has 1 saturated heterocycles. The minimum absolute atomic E-state index is 0.165. The molecule has 140 valence electrons. The van der Waals surface area contributed by atoms with Gasteiger partial charge >= 0.3 is 0 Å². The summed E-state index contributed by atoms with van der Waals surface area (Å²) in [5.41, 5.74) is 1.90. The van der Waals surface area contributed by atoms with Gasteiger partial charge < -0.3 is 9.84 Å². The van der Waals surface area contributed by atoms with Crippen molar-refractivity contribution in [2.75, 3.05) is 6.54 Å². The molecule has 4 rings (SSSR count). The Morgan fingerprint density at radius 1 is 1.26 bits per heavy atom. The summed E-state index contributed by atoms with van der Waals surface area (Å²) in [7, 11) is 0. The highest BCUT2D eigenvalue weighted by atomic mass is 35.5. The first kappa shape index (κ1) is 18.1. The van der Waals surface area contributed by atoms with E-state index in [1.54, 1.807) is 24.3 Å². The van der Waals surface area contributed by atoms with Gasteiger partial charge in [-0.1, -0.05) is 36.2 Å². The number of halogens is 1. The number of ketones is 1. The molecule has 2 aromatic rings. The van der Waals surface area contributed by atoms with E-state index < -0.39 is 0 Å². The average Bonchev–Trinajstić information content (AvgIpc) is 2.97. The number of carbonyl (C=O) groups is 1. The molecule has 0 aliphatic carbocycles. The molecule has 0 aromatic heterocycles. The molecule has 27 heavy (non-hydrogen) atoms. The second kappa shape index (κ2) is 7.37. The number of carbonyl (C=O) groups excluding carboxylic acids is 1. The zero-order chi connectivity index (χ0) is 19.0. The van der Waals surface area contributed by atoms with Crippen molar-refractivity contribution in [3.63, 3.8) is 0 Å². The maximum Gasteiger partial charge on any atom is 0.231 e. The summed E-state index contributed by atoms with van der Waals surface area (Å²) >= 11 is 6.20. The molecule has 1 fully saturated rings. The number of piperidine rings is 1. The predicted octanol–water partition coefficient (Wildman–Crippen LogP) is 5.04. The van der Waals surface area contributed by atoms with Gasteiger partial charge in [0.25, 0.3) is 0 Å². The summed E-state index contributed by atoms with van der Waals surface area (Å²) in [6.45, 7) is 3.76. The Kier molecular flexibility index (Phi) is 4.94. The summed E-state index contributed by atoms with van der Waals surface area (Å²) in [5, 5.41) is 11.0. The lowest BCUT2D eigenvalue weighted by Crippen LogP contribution is -2.36. The number of Topliss-reactive ketones (excluding diaryl/α,β-unsaturated/α-hetero) is 1. The number of likely N-dealkylation sites (tertiary alicyclic amines) is 1. The van der Waals surface area contributed by atoms with Crippen molar-refractivity contribution in [1.82, 2.24) is 4.90 Å². The number of hydrogen-bond acceptors (Lipinski definition) is 4. The molecule has 2 heterocycles. The lowest BCUT2D eigenvalue weighted by molar-refractivity contribution is 0.101. The fourth-order valence-corrected chi connectivity index (χ4v) is 3.97. The standard InChI is InChI=1S/C22H22ClNO3/c1-14-6-4-5-11-24(14)13-17-19(25)10-9-16-21(26)20(27-22(16)17)12-15-7-2-3-8-18(15)23/h2-3,7-10,12,14,25H,4-6,11,13H2,1H3/b20-12-. The maximum atomic E-state index is 12.8. The zero-order valence-electron chi connectivity index (χ0n) is 15.2. The minimum Gasteiger partial charge on any atom is -0.507 e. The van der Waals surface area contributed by atoms with E-state index in [0.29, 0.717) is 34.5 Å². The van der Waals surface area contributed by atoms with Gasteiger partial charge in [0.05, 0.1) is 11.1 Å². The van der Waals surface area contributed by atoms with Crippen molar-refractivity contribution in [2.24, 2.45) is 0 Å². The number of phenolic OH excluding ortho intramolecular Hbond substituents is 1. The number of allylic oxidation sites excluding steroid dienone is 1. The van der Waals surface area contributed by atoms with E-state index in [2.05, 4.69) is 11.8 Å². The Balaban J connectivity index is 1.68. The van der Waals surface area contributed by atoms with Gasteiger partial charge in [-0.2, -0.15) is 0 Å². The average molecular weight is 384 g/mol. The molecule has 2 aliphatic rings. The van der Waals surface area contributed by atoms with Gasteiger partial charge in [0.15, 0.2) is 5.76 Å². The first-order valence-corrected chi connectivity index (χ1v) is 9.70. The van der Waals surface area contributed by atoms with Crippen molar-refractivity contribution < 1.29 is 14.6 Å². The molecule has 1 unspecified atom stereocenters. The van der Waals surface area contributed by atoms with E-state index in [1.807, 2.05) is 18.2 Å². The van der Waals surface area contributed by atoms with E-state index in [1.165, 1.54) is 6.42 Å². The van der Waals surface area contributed by atoms with Crippen molar-refractivity contribution >= 4 is 23.5 Å². The van der Waals surface area contributed by atoms with E-state index >= 15 is 0 Å². The predicted molar refractivity (Wildman–Crippen MR) is 106 cm³/mol. The van der Waals surface area contributed by atoms with Crippen LogP contribution in [0.1, 0.15) is 47.7 Å². The molecule has 0 saturated carbocycles. The summed E-state index contributed by atoms with van der Waals surface area (Å²) < 4.78 is 5.93. The van der Waals surface area contributed by atoms with Crippen LogP contribution in [0.15, 0.2) is 42.2 Å². The summed E-state index contributed by atoms with van der Waals surface area (Å²) in [5.74, 6) is 0.684. The number of benzene rings is 2. The van der Waals surface area contributed by atoms with Gasteiger partial charge in [0, 0.05) is 17.6 Å². The third-order valence-corrected chi connectivity index (χ3v) is 5.75. The number of aromatic hydroxyl groups is 1. The van der Waals surface area contributed by atoms with Crippen molar-refractivity contribution in [3.8, 4) is 11.5 Å². The molecule has 0 bridgehead atoms. The lowest BCUT2D eigenvalue weighted by atomic mass is 10.0. The molecular formula is C22H22ClNO3. The number of rotatable bonds is 3. The largest absolute Gasteiger partial charge is 0.507 e. The molecule has 1 N–H and O–H groups in total. The molecule has 0 spiro atoms. The quantitative estimate of drug-likeness (QED) is 0.754. The fraction of sp³-hybridized carbons (Fsp3) is 0.318. The second-order valence-electron chi connectivity index (χ2n) is 7.22. The molecule has 1 atom stereocenters. The highest BCUT2D eigenvalue weighted by Gasteiger charge is 2.32. The van der Waals surface area contributed by atoms with Crippen LogP contribution < -0.4 is 4.74 Å². The van der Waals surface area contributed by atoms with Crippen LogP contribution in [0.25, 0.3) is 6.08 Å². The topological polar surface area (TPSA) is 49.8 Å². The van der Waals surface area contributed by atoms with Crippen LogP contribution >= 0.6 is 11.6 Å². The van der Waals surface area contributed by atoms with Crippen LogP contribution in [0, 0.1) is 0 Å². The molecule has 2 aliphatic heterocycles. The maximum absolute atomic E-state index is 12.8. The Morgan fingerprint density at radius 3 is 2.85 bits per heavy atom. The minimum atomic E-state index is -0.183. The van der Waals surface area contributed by atoms with Gasteiger partial charge in [-0.3, -0.25) is 9.69 Å². The normalized spacial score (nSPS) is 21.3. The van der Waals surface area contributed by atoms with Gasteiger partial charge in [0.1, 0.15) is 11.5 Å². The second-order valence-corrected chi connectivity index (χ2v) is 7.62. The van der Waals surface area contributed by atoms with Crippen LogP contribution in [-0.2, 0) is 6.54 Å². The van der Waals surface area contributed by atoms with Gasteiger partial charge in [-0.25, -0.2) is 0 Å². The van der Waals surface area contributed by atoms with E-state index in [0.717, 1.165) is 24.9 Å². The summed E-state index contributed by atoms with van der Waals surface area (Å²) in [4.78, 5) is 15.1. The first-order chi connectivity index (χ1) is 13.0. The number of nitrogens with zero attached hydrogens (tertiary/aromatic N) is 1. The zero-order valence-corrected chi connectivity index (χ0v) is 16.0. The monoisotopic (exact) mass is 383 g/mol. The Bertz CT molecular complexity index is 922. The van der Waals surface area contributed by atoms with Crippen LogP contribution in [0.3, 0.4) is 0 Å². The molecule has 2 aromatic carbocycles. The Labute approximate surface area is 164 Å². The fourth-order valence-electron chi connectivity index (χ4n) is 3.78.